The highest BCUT2D eigenvalue weighted by Gasteiger charge is 2.20. The van der Waals surface area contributed by atoms with Gasteiger partial charge in [0.2, 0.25) is 11.8 Å². The molecule has 1 aliphatic heterocycles. The van der Waals surface area contributed by atoms with Crippen LogP contribution in [0, 0.1) is 0 Å². The van der Waals surface area contributed by atoms with Crippen LogP contribution in [0.2, 0.25) is 0 Å². The molecule has 0 unspecified atom stereocenters. The minimum atomic E-state index is -0.0330. The molecule has 0 spiro atoms. The average molecular weight is 369 g/mol. The van der Waals surface area contributed by atoms with Gasteiger partial charge in [-0.2, -0.15) is 0 Å². The van der Waals surface area contributed by atoms with E-state index in [4.69, 9.17) is 4.52 Å². The van der Waals surface area contributed by atoms with Gasteiger partial charge in [0.05, 0.1) is 12.1 Å². The number of nitrogens with zero attached hydrogens (tertiary/aromatic N) is 2. The smallest absolute Gasteiger partial charge is 0.224 e. The largest absolute Gasteiger partial charge is 0.361 e. The van der Waals surface area contributed by atoms with Gasteiger partial charge in [-0.15, -0.1) is 0 Å². The molecule has 0 bridgehead atoms. The van der Waals surface area contributed by atoms with Crippen molar-refractivity contribution in [3.63, 3.8) is 0 Å². The maximum atomic E-state index is 12.3. The lowest BCUT2D eigenvalue weighted by molar-refractivity contribution is -0.128. The van der Waals surface area contributed by atoms with Crippen molar-refractivity contribution in [2.45, 2.75) is 59.0 Å². The number of hydrogen-bond acceptors (Lipinski definition) is 4. The summed E-state index contributed by atoms with van der Waals surface area (Å²) in [5.41, 5.74) is 3.94. The van der Waals surface area contributed by atoms with Crippen molar-refractivity contribution < 1.29 is 14.1 Å². The molecule has 1 N–H and O–H groups in total. The van der Waals surface area contributed by atoms with E-state index in [-0.39, 0.29) is 11.8 Å². The van der Waals surface area contributed by atoms with Crippen LogP contribution in [0.25, 0.3) is 0 Å². The third-order valence-electron chi connectivity index (χ3n) is 5.00. The van der Waals surface area contributed by atoms with Crippen LogP contribution < -0.4 is 5.32 Å². The molecule has 0 saturated carbocycles. The SMILES string of the molecule is CCc1noc(CC)c1CC(=O)NCc1ccc(CN2CCCC2=O)cc1. The first-order valence-electron chi connectivity index (χ1n) is 9.69. The van der Waals surface area contributed by atoms with Gasteiger partial charge < -0.3 is 14.7 Å². The van der Waals surface area contributed by atoms with Crippen LogP contribution in [0.1, 0.15) is 54.8 Å². The molecule has 1 aromatic heterocycles. The summed E-state index contributed by atoms with van der Waals surface area (Å²) in [5.74, 6) is 0.995. The quantitative estimate of drug-likeness (QED) is 0.776. The summed E-state index contributed by atoms with van der Waals surface area (Å²) in [6, 6.07) is 8.06. The number of aryl methyl sites for hydroxylation is 2. The first-order valence-corrected chi connectivity index (χ1v) is 9.69. The van der Waals surface area contributed by atoms with Crippen molar-refractivity contribution >= 4 is 11.8 Å². The first-order chi connectivity index (χ1) is 13.1. The third-order valence-corrected chi connectivity index (χ3v) is 5.00. The molecule has 0 aliphatic carbocycles. The number of amides is 2. The monoisotopic (exact) mass is 369 g/mol. The summed E-state index contributed by atoms with van der Waals surface area (Å²) >= 11 is 0. The molecule has 1 saturated heterocycles. The van der Waals surface area contributed by atoms with Crippen molar-refractivity contribution in [2.75, 3.05) is 6.54 Å². The van der Waals surface area contributed by atoms with Crippen molar-refractivity contribution in [3.05, 3.63) is 52.4 Å². The maximum Gasteiger partial charge on any atom is 0.224 e. The van der Waals surface area contributed by atoms with Crippen LogP contribution in [-0.2, 0) is 41.9 Å². The number of hydrogen-bond donors (Lipinski definition) is 1. The van der Waals surface area contributed by atoms with Crippen molar-refractivity contribution in [1.82, 2.24) is 15.4 Å². The van der Waals surface area contributed by atoms with Crippen LogP contribution in [0.4, 0.5) is 0 Å². The van der Waals surface area contributed by atoms with E-state index in [9.17, 15) is 9.59 Å². The number of nitrogens with one attached hydrogen (secondary N) is 1. The van der Waals surface area contributed by atoms with Gasteiger partial charge in [0.1, 0.15) is 5.76 Å². The van der Waals surface area contributed by atoms with Gasteiger partial charge in [-0.25, -0.2) is 0 Å². The number of carbonyl (C=O) groups excluding carboxylic acids is 2. The van der Waals surface area contributed by atoms with Crippen molar-refractivity contribution in [1.29, 1.82) is 0 Å². The summed E-state index contributed by atoms with van der Waals surface area (Å²) in [5, 5.41) is 7.02. The van der Waals surface area contributed by atoms with Crippen LogP contribution in [0.5, 0.6) is 0 Å². The van der Waals surface area contributed by atoms with Crippen LogP contribution in [-0.4, -0.2) is 28.4 Å². The Morgan fingerprint density at radius 3 is 2.56 bits per heavy atom. The highest BCUT2D eigenvalue weighted by Crippen LogP contribution is 2.17. The minimum Gasteiger partial charge on any atom is -0.361 e. The molecule has 0 radical (unpaired) electrons. The Balaban J connectivity index is 1.51. The number of benzene rings is 1. The Bertz CT molecular complexity index is 774. The van der Waals surface area contributed by atoms with Crippen molar-refractivity contribution in [3.8, 4) is 0 Å². The summed E-state index contributed by atoms with van der Waals surface area (Å²) < 4.78 is 5.32. The lowest BCUT2D eigenvalue weighted by Gasteiger charge is -2.15. The Morgan fingerprint density at radius 1 is 1.19 bits per heavy atom. The fourth-order valence-corrected chi connectivity index (χ4v) is 3.42. The van der Waals surface area contributed by atoms with E-state index in [0.29, 0.717) is 25.9 Å². The third kappa shape index (κ3) is 4.76. The zero-order valence-electron chi connectivity index (χ0n) is 16.1. The first kappa shape index (κ1) is 19.1. The van der Waals surface area contributed by atoms with E-state index in [1.165, 1.54) is 0 Å². The highest BCUT2D eigenvalue weighted by atomic mass is 16.5. The zero-order chi connectivity index (χ0) is 19.2. The van der Waals surface area contributed by atoms with Gasteiger partial charge >= 0.3 is 0 Å². The number of likely N-dealkylation sites (tertiary alicyclic amines) is 1. The lowest BCUT2D eigenvalue weighted by atomic mass is 10.1. The molecule has 2 aromatic rings. The number of aromatic nitrogens is 1. The highest BCUT2D eigenvalue weighted by molar-refractivity contribution is 5.79. The predicted molar refractivity (Wildman–Crippen MR) is 102 cm³/mol. The summed E-state index contributed by atoms with van der Waals surface area (Å²) in [6.07, 6.45) is 3.40. The number of rotatable bonds is 8. The molecule has 1 fully saturated rings. The van der Waals surface area contributed by atoms with Crippen molar-refractivity contribution in [2.24, 2.45) is 0 Å². The van der Waals surface area contributed by atoms with Gasteiger partial charge in [0, 0.05) is 38.0 Å². The van der Waals surface area contributed by atoms with Crippen LogP contribution >= 0.6 is 0 Å². The van der Waals surface area contributed by atoms with E-state index in [1.807, 2.05) is 43.0 Å². The Hall–Kier alpha value is -2.63. The maximum absolute atomic E-state index is 12.3. The molecular formula is C21H27N3O3. The molecule has 6 nitrogen and oxygen atoms in total. The molecular weight excluding hydrogens is 342 g/mol. The fraction of sp³-hybridized carbons (Fsp3) is 0.476. The summed E-state index contributed by atoms with van der Waals surface area (Å²) in [7, 11) is 0. The molecule has 27 heavy (non-hydrogen) atoms. The molecule has 1 aliphatic rings. The molecule has 3 rings (SSSR count). The molecule has 2 heterocycles. The van der Waals surface area contributed by atoms with E-state index < -0.39 is 0 Å². The fourth-order valence-electron chi connectivity index (χ4n) is 3.42. The van der Waals surface area contributed by atoms with Crippen LogP contribution in [0.3, 0.4) is 0 Å². The van der Waals surface area contributed by atoms with E-state index in [0.717, 1.165) is 54.0 Å². The van der Waals surface area contributed by atoms with Gasteiger partial charge in [-0.1, -0.05) is 43.3 Å². The Labute approximate surface area is 159 Å². The molecule has 1 aromatic carbocycles. The standard InChI is InChI=1S/C21H27N3O3/c1-3-18-17(19(4-2)27-23-18)12-20(25)22-13-15-7-9-16(10-8-15)14-24-11-5-6-21(24)26/h7-10H,3-6,11-14H2,1-2H3,(H,22,25). The predicted octanol–water partition coefficient (Wildman–Crippen LogP) is 2.78. The molecule has 2 amide bonds. The van der Waals surface area contributed by atoms with Gasteiger partial charge in [0.25, 0.3) is 0 Å². The molecule has 0 atom stereocenters. The molecule has 6 heteroatoms. The molecule has 144 valence electrons. The Morgan fingerprint density at radius 2 is 1.93 bits per heavy atom. The van der Waals surface area contributed by atoms with Crippen LogP contribution in [0.15, 0.2) is 28.8 Å². The lowest BCUT2D eigenvalue weighted by Crippen LogP contribution is -2.25. The second-order valence-corrected chi connectivity index (χ2v) is 6.93. The average Bonchev–Trinajstić information content (AvgIpc) is 3.26. The Kier molecular flexibility index (Phi) is 6.27. The zero-order valence-corrected chi connectivity index (χ0v) is 16.1. The van der Waals surface area contributed by atoms with Gasteiger partial charge in [0.15, 0.2) is 0 Å². The van der Waals surface area contributed by atoms with Gasteiger partial charge in [-0.3, -0.25) is 9.59 Å². The summed E-state index contributed by atoms with van der Waals surface area (Å²) in [6.45, 7) is 6.00. The van der Waals surface area contributed by atoms with E-state index in [2.05, 4.69) is 10.5 Å². The van der Waals surface area contributed by atoms with Gasteiger partial charge in [-0.05, 0) is 24.0 Å². The normalized spacial score (nSPS) is 14.0. The second kappa shape index (κ2) is 8.84. The minimum absolute atomic E-state index is 0.0330. The second-order valence-electron chi connectivity index (χ2n) is 6.93. The topological polar surface area (TPSA) is 75.4 Å². The number of carbonyl (C=O) groups is 2. The van der Waals surface area contributed by atoms with E-state index in [1.54, 1.807) is 0 Å². The van der Waals surface area contributed by atoms with E-state index >= 15 is 0 Å². The summed E-state index contributed by atoms with van der Waals surface area (Å²) in [4.78, 5) is 25.9.